The number of hydrogen-bond donors (Lipinski definition) is 2. The first-order valence-corrected chi connectivity index (χ1v) is 9.34. The summed E-state index contributed by atoms with van der Waals surface area (Å²) in [7, 11) is 0. The number of hydrogen-bond acceptors (Lipinski definition) is 5. The third-order valence-electron chi connectivity index (χ3n) is 4.41. The molecule has 1 aliphatic carbocycles. The van der Waals surface area contributed by atoms with Gasteiger partial charge in [-0.1, -0.05) is 0 Å². The van der Waals surface area contributed by atoms with Crippen LogP contribution >= 0.6 is 0 Å². The molecule has 0 atom stereocenters. The lowest BCUT2D eigenvalue weighted by Gasteiger charge is -2.36. The molecule has 0 unspecified atom stereocenters. The summed E-state index contributed by atoms with van der Waals surface area (Å²) in [4.78, 5) is 28.2. The van der Waals surface area contributed by atoms with Gasteiger partial charge in [0.15, 0.2) is 11.6 Å². The first kappa shape index (κ1) is 21.7. The molecule has 3 rings (SSSR count). The van der Waals surface area contributed by atoms with Crippen LogP contribution in [0.3, 0.4) is 0 Å². The number of pyridine rings is 1. The number of aromatic nitrogens is 1. The molecule has 10 heteroatoms. The fourth-order valence-electron chi connectivity index (χ4n) is 3.04. The van der Waals surface area contributed by atoms with Gasteiger partial charge in [0.2, 0.25) is 0 Å². The molecule has 0 bridgehead atoms. The number of rotatable bonds is 5. The van der Waals surface area contributed by atoms with Crippen molar-refractivity contribution in [2.45, 2.75) is 57.9 Å². The summed E-state index contributed by atoms with van der Waals surface area (Å²) in [5.41, 5.74) is -0.169. The number of carbonyl (C=O) groups is 2. The molecule has 30 heavy (non-hydrogen) atoms. The van der Waals surface area contributed by atoms with E-state index in [4.69, 9.17) is 4.74 Å². The van der Waals surface area contributed by atoms with Gasteiger partial charge in [-0.15, -0.1) is 0 Å². The third-order valence-corrected chi connectivity index (χ3v) is 4.41. The van der Waals surface area contributed by atoms with E-state index >= 15 is 0 Å². The number of amides is 2. The Morgan fingerprint density at radius 2 is 1.80 bits per heavy atom. The van der Waals surface area contributed by atoms with Crippen molar-refractivity contribution in [1.29, 1.82) is 0 Å². The first-order chi connectivity index (χ1) is 14.0. The second-order valence-electron chi connectivity index (χ2n) is 8.06. The average Bonchev–Trinajstić information content (AvgIpc) is 2.58. The summed E-state index contributed by atoms with van der Waals surface area (Å²) in [6, 6.07) is 3.23. The number of fused-ring (bicyclic) bond motifs is 1. The number of alkyl carbamates (subject to hydrolysis) is 1. The number of ether oxygens (including phenoxy) is 2. The monoisotopic (exact) mass is 425 g/mol. The van der Waals surface area contributed by atoms with Gasteiger partial charge in [-0.25, -0.2) is 9.18 Å². The maximum atomic E-state index is 13.9. The van der Waals surface area contributed by atoms with Crippen LogP contribution in [0.5, 0.6) is 5.75 Å². The summed E-state index contributed by atoms with van der Waals surface area (Å²) < 4.78 is 47.8. The molecule has 1 aliphatic rings. The quantitative estimate of drug-likeness (QED) is 0.762. The van der Waals surface area contributed by atoms with Gasteiger partial charge in [0.25, 0.3) is 5.91 Å². The molecule has 1 aromatic heterocycles. The molecule has 1 heterocycles. The minimum Gasteiger partial charge on any atom is -0.444 e. The van der Waals surface area contributed by atoms with Crippen LogP contribution in [0, 0.1) is 5.82 Å². The van der Waals surface area contributed by atoms with E-state index in [2.05, 4.69) is 20.4 Å². The molecule has 0 aliphatic heterocycles. The molecular weight excluding hydrogens is 403 g/mol. The molecule has 1 aromatic carbocycles. The van der Waals surface area contributed by atoms with Gasteiger partial charge in [0, 0.05) is 29.7 Å². The average molecular weight is 425 g/mol. The zero-order chi connectivity index (χ0) is 22.1. The van der Waals surface area contributed by atoms with Gasteiger partial charge in [0.05, 0.1) is 11.1 Å². The molecule has 0 spiro atoms. The summed E-state index contributed by atoms with van der Waals surface area (Å²) in [6.45, 7) is 2.16. The van der Waals surface area contributed by atoms with Crippen molar-refractivity contribution in [3.63, 3.8) is 0 Å². The minimum absolute atomic E-state index is 0.0952. The zero-order valence-corrected chi connectivity index (χ0v) is 16.7. The van der Waals surface area contributed by atoms with E-state index < -0.39 is 35.8 Å². The third kappa shape index (κ3) is 5.52. The van der Waals surface area contributed by atoms with Crippen LogP contribution < -0.4 is 15.4 Å². The smallest absolute Gasteiger partial charge is 0.407 e. The number of halogens is 3. The first-order valence-electron chi connectivity index (χ1n) is 9.34. The molecule has 0 saturated heterocycles. The van der Waals surface area contributed by atoms with Gasteiger partial charge in [-0.05, 0) is 45.7 Å². The van der Waals surface area contributed by atoms with E-state index in [-0.39, 0.29) is 28.6 Å². The second-order valence-corrected chi connectivity index (χ2v) is 8.06. The fourth-order valence-corrected chi connectivity index (χ4v) is 3.04. The molecule has 0 radical (unpaired) electrons. The Labute approximate surface area is 170 Å². The van der Waals surface area contributed by atoms with Gasteiger partial charge >= 0.3 is 12.7 Å². The Hall–Kier alpha value is -3.04. The molecular formula is C20H22F3N3O4. The van der Waals surface area contributed by atoms with Crippen LogP contribution in [0.25, 0.3) is 10.9 Å². The normalized spacial score (nSPS) is 18.6. The Morgan fingerprint density at radius 3 is 2.43 bits per heavy atom. The van der Waals surface area contributed by atoms with E-state index in [0.717, 1.165) is 12.1 Å². The largest absolute Gasteiger partial charge is 0.444 e. The predicted molar refractivity (Wildman–Crippen MR) is 102 cm³/mol. The van der Waals surface area contributed by atoms with Crippen molar-refractivity contribution in [3.8, 4) is 5.75 Å². The van der Waals surface area contributed by atoms with E-state index in [1.807, 2.05) is 0 Å². The maximum Gasteiger partial charge on any atom is 0.407 e. The predicted octanol–water partition coefficient (Wildman–Crippen LogP) is 3.76. The van der Waals surface area contributed by atoms with Gasteiger partial charge in [-0.2, -0.15) is 8.78 Å². The van der Waals surface area contributed by atoms with Crippen LogP contribution in [-0.4, -0.2) is 41.3 Å². The van der Waals surface area contributed by atoms with E-state index in [1.54, 1.807) is 20.8 Å². The highest BCUT2D eigenvalue weighted by Gasteiger charge is 2.32. The topological polar surface area (TPSA) is 89.6 Å². The lowest BCUT2D eigenvalue weighted by atomic mass is 9.86. The molecule has 1 saturated carbocycles. The highest BCUT2D eigenvalue weighted by Crippen LogP contribution is 2.26. The Kier molecular flexibility index (Phi) is 6.04. The summed E-state index contributed by atoms with van der Waals surface area (Å²) in [5, 5.41) is 5.82. The van der Waals surface area contributed by atoms with Crippen molar-refractivity contribution in [2.75, 3.05) is 0 Å². The van der Waals surface area contributed by atoms with Crippen molar-refractivity contribution in [2.24, 2.45) is 0 Å². The van der Waals surface area contributed by atoms with Gasteiger partial charge in [0.1, 0.15) is 5.60 Å². The summed E-state index contributed by atoms with van der Waals surface area (Å²) >= 11 is 0. The molecule has 2 amide bonds. The highest BCUT2D eigenvalue weighted by molar-refractivity contribution is 5.97. The van der Waals surface area contributed by atoms with Crippen molar-refractivity contribution in [1.82, 2.24) is 15.6 Å². The second kappa shape index (κ2) is 8.37. The number of alkyl halides is 2. The SMILES string of the molecule is CC(C)(C)OC(=O)NC1CC(NC(=O)c2cnc3cc(OC(F)F)c(F)cc3c2)C1. The summed E-state index contributed by atoms with van der Waals surface area (Å²) in [6.07, 6.45) is 1.87. The molecule has 7 nitrogen and oxygen atoms in total. The lowest BCUT2D eigenvalue weighted by molar-refractivity contribution is -0.0521. The van der Waals surface area contributed by atoms with Crippen LogP contribution in [0.1, 0.15) is 44.0 Å². The van der Waals surface area contributed by atoms with Crippen LogP contribution in [0.15, 0.2) is 24.4 Å². The highest BCUT2D eigenvalue weighted by atomic mass is 19.3. The minimum atomic E-state index is -3.15. The Bertz CT molecular complexity index is 956. The lowest BCUT2D eigenvalue weighted by Crippen LogP contribution is -2.54. The number of nitrogens with zero attached hydrogens (tertiary/aromatic N) is 1. The van der Waals surface area contributed by atoms with Gasteiger partial charge < -0.3 is 20.1 Å². The maximum absolute atomic E-state index is 13.9. The number of carbonyl (C=O) groups excluding carboxylic acids is 2. The van der Waals surface area contributed by atoms with Gasteiger partial charge in [-0.3, -0.25) is 9.78 Å². The van der Waals surface area contributed by atoms with Crippen molar-refractivity contribution >= 4 is 22.9 Å². The van der Waals surface area contributed by atoms with E-state index in [0.29, 0.717) is 12.8 Å². The van der Waals surface area contributed by atoms with E-state index in [1.165, 1.54) is 12.3 Å². The number of nitrogens with one attached hydrogen (secondary N) is 2. The van der Waals surface area contributed by atoms with Crippen molar-refractivity contribution < 1.29 is 32.2 Å². The summed E-state index contributed by atoms with van der Waals surface area (Å²) in [5.74, 6) is -1.99. The van der Waals surface area contributed by atoms with E-state index in [9.17, 15) is 22.8 Å². The Morgan fingerprint density at radius 1 is 1.13 bits per heavy atom. The molecule has 2 aromatic rings. The number of benzene rings is 1. The Balaban J connectivity index is 1.57. The standard InChI is InChI=1S/C20H22F3N3O4/c1-20(2,3)30-19(28)26-13-6-12(7-13)25-17(27)11-4-10-5-14(21)16(29-18(22)23)8-15(10)24-9-11/h4-5,8-9,12-13,18H,6-7H2,1-3H3,(H,25,27)(H,26,28). The molecule has 162 valence electrons. The zero-order valence-electron chi connectivity index (χ0n) is 16.7. The molecule has 2 N–H and O–H groups in total. The molecule has 1 fully saturated rings. The van der Waals surface area contributed by atoms with Crippen LogP contribution in [0.4, 0.5) is 18.0 Å². The fraction of sp³-hybridized carbons (Fsp3) is 0.450. The van der Waals surface area contributed by atoms with Crippen molar-refractivity contribution in [3.05, 3.63) is 35.8 Å². The van der Waals surface area contributed by atoms with Crippen LogP contribution in [-0.2, 0) is 4.74 Å². The van der Waals surface area contributed by atoms with Crippen LogP contribution in [0.2, 0.25) is 0 Å².